The number of hydrogen-bond donors (Lipinski definition) is 0. The van der Waals surface area contributed by atoms with Crippen molar-refractivity contribution in [1.29, 1.82) is 0 Å². The van der Waals surface area contributed by atoms with Gasteiger partial charge in [0.15, 0.2) is 4.51 Å². The Morgan fingerprint density at radius 3 is 2.38 bits per heavy atom. The summed E-state index contributed by atoms with van der Waals surface area (Å²) in [5.41, 5.74) is 2.46. The van der Waals surface area contributed by atoms with Crippen LogP contribution in [0, 0.1) is 0 Å². The van der Waals surface area contributed by atoms with Crippen LogP contribution >= 0.6 is 15.9 Å². The van der Waals surface area contributed by atoms with Gasteiger partial charge >= 0.3 is 0 Å². The second-order valence-electron chi connectivity index (χ2n) is 3.46. The average molecular weight is 241 g/mol. The van der Waals surface area contributed by atoms with Crippen molar-refractivity contribution in [2.45, 2.75) is 10.6 Å². The first-order valence-electron chi connectivity index (χ1n) is 4.33. The molecule has 1 aromatic rings. The van der Waals surface area contributed by atoms with Gasteiger partial charge in [0.25, 0.3) is 0 Å². The smallest absolute Gasteiger partial charge is 0.171 e. The summed E-state index contributed by atoms with van der Waals surface area (Å²) in [5.74, 6) is 0. The van der Waals surface area contributed by atoms with Crippen LogP contribution in [0.5, 0.6) is 0 Å². The summed E-state index contributed by atoms with van der Waals surface area (Å²) < 4.78 is 10.3. The monoisotopic (exact) mass is 240 g/mol. The zero-order valence-electron chi connectivity index (χ0n) is 7.00. The van der Waals surface area contributed by atoms with Gasteiger partial charge in [-0.05, 0) is 27.1 Å². The molecule has 0 N–H and O–H groups in total. The Morgan fingerprint density at radius 2 is 1.92 bits per heavy atom. The van der Waals surface area contributed by atoms with Crippen LogP contribution in [0.3, 0.4) is 0 Å². The molecular formula is C10H9BrO2. The Bertz CT molecular complexity index is 325. The van der Waals surface area contributed by atoms with Gasteiger partial charge in [-0.1, -0.05) is 24.3 Å². The van der Waals surface area contributed by atoms with Crippen molar-refractivity contribution in [2.75, 3.05) is 13.2 Å². The molecule has 2 fully saturated rings. The predicted molar refractivity (Wildman–Crippen MR) is 51.7 cm³/mol. The molecule has 2 aliphatic rings. The van der Waals surface area contributed by atoms with Crippen molar-refractivity contribution in [2.24, 2.45) is 0 Å². The maximum atomic E-state index is 5.28. The summed E-state index contributed by atoms with van der Waals surface area (Å²) in [6.45, 7) is 1.64. The quantitative estimate of drug-likeness (QED) is 0.586. The maximum absolute atomic E-state index is 5.28. The van der Waals surface area contributed by atoms with Crippen LogP contribution in [-0.4, -0.2) is 13.2 Å². The van der Waals surface area contributed by atoms with E-state index in [0.29, 0.717) is 6.10 Å². The molecule has 2 atom stereocenters. The van der Waals surface area contributed by atoms with Crippen molar-refractivity contribution in [3.8, 4) is 0 Å². The molecule has 2 saturated heterocycles. The number of benzene rings is 1. The molecule has 1 aromatic carbocycles. The number of alkyl halides is 1. The first kappa shape index (κ1) is 7.97. The van der Waals surface area contributed by atoms with Crippen molar-refractivity contribution < 1.29 is 9.47 Å². The standard InChI is InChI=1S/C10H9BrO2/c11-10(6-13-10)8-3-1-7(2-4-8)9-5-12-9/h1-4,9H,5-6H2. The fourth-order valence-corrected chi connectivity index (χ4v) is 1.80. The molecular weight excluding hydrogens is 232 g/mol. The summed E-state index contributed by atoms with van der Waals surface area (Å²) in [7, 11) is 0. The van der Waals surface area contributed by atoms with E-state index < -0.39 is 0 Å². The van der Waals surface area contributed by atoms with Gasteiger partial charge < -0.3 is 9.47 Å². The lowest BCUT2D eigenvalue weighted by Gasteiger charge is -2.03. The van der Waals surface area contributed by atoms with E-state index in [9.17, 15) is 0 Å². The first-order chi connectivity index (χ1) is 6.28. The van der Waals surface area contributed by atoms with Crippen LogP contribution in [0.25, 0.3) is 0 Å². The summed E-state index contributed by atoms with van der Waals surface area (Å²) in [5, 5.41) is 0. The fraction of sp³-hybridized carbons (Fsp3) is 0.400. The highest BCUT2D eigenvalue weighted by atomic mass is 79.9. The van der Waals surface area contributed by atoms with Gasteiger partial charge in [0.2, 0.25) is 0 Å². The molecule has 3 rings (SSSR count). The van der Waals surface area contributed by atoms with Crippen LogP contribution in [0.4, 0.5) is 0 Å². The van der Waals surface area contributed by atoms with Crippen molar-refractivity contribution in [3.05, 3.63) is 35.4 Å². The van der Waals surface area contributed by atoms with Crippen LogP contribution < -0.4 is 0 Å². The molecule has 13 heavy (non-hydrogen) atoms. The molecule has 2 unspecified atom stereocenters. The van der Waals surface area contributed by atoms with Crippen molar-refractivity contribution in [1.82, 2.24) is 0 Å². The number of hydrogen-bond acceptors (Lipinski definition) is 2. The molecule has 2 heterocycles. The highest BCUT2D eigenvalue weighted by molar-refractivity contribution is 9.09. The third kappa shape index (κ3) is 1.41. The lowest BCUT2D eigenvalue weighted by Crippen LogP contribution is -1.97. The zero-order chi connectivity index (χ0) is 8.89. The molecule has 0 spiro atoms. The molecule has 0 aromatic heterocycles. The zero-order valence-corrected chi connectivity index (χ0v) is 8.58. The van der Waals surface area contributed by atoms with Gasteiger partial charge in [-0.25, -0.2) is 0 Å². The summed E-state index contributed by atoms with van der Waals surface area (Å²) >= 11 is 3.52. The third-order valence-electron chi connectivity index (χ3n) is 2.44. The molecule has 2 aliphatic heterocycles. The van der Waals surface area contributed by atoms with Crippen molar-refractivity contribution >= 4 is 15.9 Å². The molecule has 3 heteroatoms. The number of halogens is 1. The van der Waals surface area contributed by atoms with E-state index in [-0.39, 0.29) is 4.51 Å². The Morgan fingerprint density at radius 1 is 1.31 bits per heavy atom. The minimum atomic E-state index is -0.185. The average Bonchev–Trinajstić information content (AvgIpc) is 2.98. The largest absolute Gasteiger partial charge is 0.368 e. The van der Waals surface area contributed by atoms with Gasteiger partial charge in [0.05, 0.1) is 13.2 Å². The molecule has 2 nitrogen and oxygen atoms in total. The van der Waals surface area contributed by atoms with Gasteiger partial charge in [-0.2, -0.15) is 0 Å². The third-order valence-corrected chi connectivity index (χ3v) is 3.36. The Hall–Kier alpha value is -0.380. The summed E-state index contributed by atoms with van der Waals surface area (Å²) in [6, 6.07) is 8.41. The van der Waals surface area contributed by atoms with Gasteiger partial charge in [-0.3, -0.25) is 0 Å². The van der Waals surface area contributed by atoms with Crippen LogP contribution in [0.1, 0.15) is 17.2 Å². The lowest BCUT2D eigenvalue weighted by atomic mass is 10.1. The van der Waals surface area contributed by atoms with E-state index in [1.54, 1.807) is 0 Å². The van der Waals surface area contributed by atoms with Crippen molar-refractivity contribution in [3.63, 3.8) is 0 Å². The highest BCUT2D eigenvalue weighted by Crippen LogP contribution is 2.45. The van der Waals surface area contributed by atoms with Gasteiger partial charge in [0.1, 0.15) is 6.10 Å². The minimum absolute atomic E-state index is 0.185. The van der Waals surface area contributed by atoms with E-state index in [0.717, 1.165) is 13.2 Å². The maximum Gasteiger partial charge on any atom is 0.171 e. The van der Waals surface area contributed by atoms with E-state index >= 15 is 0 Å². The Labute approximate surface area is 85.0 Å². The number of rotatable bonds is 2. The normalized spacial score (nSPS) is 35.9. The summed E-state index contributed by atoms with van der Waals surface area (Å²) in [6.07, 6.45) is 0.348. The lowest BCUT2D eigenvalue weighted by molar-refractivity contribution is 0.396. The van der Waals surface area contributed by atoms with Gasteiger partial charge in [-0.15, -0.1) is 0 Å². The molecule has 0 amide bonds. The predicted octanol–water partition coefficient (Wildman–Crippen LogP) is 2.34. The fourth-order valence-electron chi connectivity index (χ4n) is 1.42. The minimum Gasteiger partial charge on any atom is -0.368 e. The van der Waals surface area contributed by atoms with Crippen LogP contribution in [0.15, 0.2) is 24.3 Å². The molecule has 0 aliphatic carbocycles. The first-order valence-corrected chi connectivity index (χ1v) is 5.12. The van der Waals surface area contributed by atoms with Crippen LogP contribution in [0.2, 0.25) is 0 Å². The molecule has 0 bridgehead atoms. The molecule has 68 valence electrons. The van der Waals surface area contributed by atoms with Crippen LogP contribution in [-0.2, 0) is 14.0 Å². The Balaban J connectivity index is 1.89. The number of epoxide rings is 2. The SMILES string of the molecule is BrC1(c2ccc(C3CO3)cc2)CO1. The number of ether oxygens (including phenoxy) is 2. The van der Waals surface area contributed by atoms with E-state index in [1.165, 1.54) is 11.1 Å². The van der Waals surface area contributed by atoms with E-state index in [1.807, 2.05) is 0 Å². The molecule has 0 saturated carbocycles. The Kier molecular flexibility index (Phi) is 1.57. The topological polar surface area (TPSA) is 25.1 Å². The van der Waals surface area contributed by atoms with E-state index in [2.05, 4.69) is 40.2 Å². The van der Waals surface area contributed by atoms with E-state index in [4.69, 9.17) is 9.47 Å². The molecule has 0 radical (unpaired) electrons. The second-order valence-corrected chi connectivity index (χ2v) is 4.74. The summed E-state index contributed by atoms with van der Waals surface area (Å²) in [4.78, 5) is 0. The second kappa shape index (κ2) is 2.56. The van der Waals surface area contributed by atoms with Gasteiger partial charge in [0, 0.05) is 0 Å². The highest BCUT2D eigenvalue weighted by Gasteiger charge is 2.43.